The van der Waals surface area contributed by atoms with Gasteiger partial charge in [0.1, 0.15) is 11.7 Å². The number of aliphatic imine (C=N–C) groups is 1. The molecule has 2 nitrogen and oxygen atoms in total. The van der Waals surface area contributed by atoms with Crippen molar-refractivity contribution >= 4 is 11.5 Å². The SMILES string of the molecule is CC(C)(C)C(N)=Nc1ccc(F)cc1.[W]. The van der Waals surface area contributed by atoms with Crippen molar-refractivity contribution < 1.29 is 25.5 Å². The molecule has 0 aliphatic heterocycles. The summed E-state index contributed by atoms with van der Waals surface area (Å²) in [5.41, 5.74) is 6.30. The smallest absolute Gasteiger partial charge is 0.123 e. The summed E-state index contributed by atoms with van der Waals surface area (Å²) in [6.45, 7) is 5.94. The maximum atomic E-state index is 12.6. The monoisotopic (exact) mass is 378 g/mol. The molecule has 0 aliphatic rings. The number of benzene rings is 1. The van der Waals surface area contributed by atoms with Gasteiger partial charge in [0.25, 0.3) is 0 Å². The molecule has 2 N–H and O–H groups in total. The molecule has 0 atom stereocenters. The first-order valence-electron chi connectivity index (χ1n) is 4.50. The molecule has 0 aliphatic carbocycles. The molecule has 0 unspecified atom stereocenters. The molecular weight excluding hydrogens is 363 g/mol. The fraction of sp³-hybridized carbons (Fsp3) is 0.364. The normalized spacial score (nSPS) is 12.1. The second-order valence-corrected chi connectivity index (χ2v) is 4.22. The van der Waals surface area contributed by atoms with E-state index >= 15 is 0 Å². The summed E-state index contributed by atoms with van der Waals surface area (Å²) >= 11 is 0. The quantitative estimate of drug-likeness (QED) is 0.593. The molecule has 0 radical (unpaired) electrons. The molecule has 1 aromatic carbocycles. The summed E-state index contributed by atoms with van der Waals surface area (Å²) < 4.78 is 12.6. The van der Waals surface area contributed by atoms with E-state index in [9.17, 15) is 4.39 Å². The van der Waals surface area contributed by atoms with E-state index in [1.165, 1.54) is 12.1 Å². The van der Waals surface area contributed by atoms with Gasteiger partial charge >= 0.3 is 0 Å². The number of hydrogen-bond donors (Lipinski definition) is 1. The predicted octanol–water partition coefficient (Wildman–Crippen LogP) is 2.86. The Labute approximate surface area is 104 Å². The molecule has 0 heterocycles. The zero-order valence-electron chi connectivity index (χ0n) is 9.12. The van der Waals surface area contributed by atoms with Gasteiger partial charge in [0, 0.05) is 26.5 Å². The van der Waals surface area contributed by atoms with E-state index < -0.39 is 0 Å². The Balaban J connectivity index is 0.00000196. The van der Waals surface area contributed by atoms with Crippen molar-refractivity contribution in [2.45, 2.75) is 20.8 Å². The van der Waals surface area contributed by atoms with Crippen molar-refractivity contribution in [3.05, 3.63) is 30.1 Å². The van der Waals surface area contributed by atoms with Crippen molar-refractivity contribution in [2.24, 2.45) is 16.1 Å². The number of halogens is 1. The van der Waals surface area contributed by atoms with Gasteiger partial charge in [-0.2, -0.15) is 0 Å². The van der Waals surface area contributed by atoms with E-state index in [0.29, 0.717) is 11.5 Å². The first-order valence-corrected chi connectivity index (χ1v) is 4.50. The maximum Gasteiger partial charge on any atom is 0.123 e. The number of nitrogens with two attached hydrogens (primary N) is 1. The van der Waals surface area contributed by atoms with Gasteiger partial charge < -0.3 is 5.73 Å². The Morgan fingerprint density at radius 1 is 1.20 bits per heavy atom. The Bertz CT molecular complexity index is 339. The average molecular weight is 378 g/mol. The van der Waals surface area contributed by atoms with Gasteiger partial charge in [-0.3, -0.25) is 0 Å². The van der Waals surface area contributed by atoms with Gasteiger partial charge in [0.15, 0.2) is 0 Å². The molecule has 0 fully saturated rings. The summed E-state index contributed by atoms with van der Waals surface area (Å²) in [7, 11) is 0. The van der Waals surface area contributed by atoms with Crippen LogP contribution in [0, 0.1) is 11.2 Å². The van der Waals surface area contributed by atoms with Gasteiger partial charge in [-0.05, 0) is 24.3 Å². The molecule has 0 saturated carbocycles. The maximum absolute atomic E-state index is 12.6. The minimum absolute atomic E-state index is 0. The van der Waals surface area contributed by atoms with Crippen LogP contribution in [0.15, 0.2) is 29.3 Å². The van der Waals surface area contributed by atoms with Crippen LogP contribution < -0.4 is 5.73 Å². The summed E-state index contributed by atoms with van der Waals surface area (Å²) in [5, 5.41) is 0. The number of hydrogen-bond acceptors (Lipinski definition) is 1. The third kappa shape index (κ3) is 4.56. The molecule has 4 heteroatoms. The standard InChI is InChI=1S/C11H15FN2.W/c1-11(2,3)10(13)14-9-6-4-8(12)5-7-9;/h4-7H,1-3H3,(H2,13,14);. The van der Waals surface area contributed by atoms with Crippen molar-refractivity contribution in [1.29, 1.82) is 0 Å². The molecule has 82 valence electrons. The van der Waals surface area contributed by atoms with Crippen molar-refractivity contribution in [1.82, 2.24) is 0 Å². The second kappa shape index (κ2) is 5.41. The molecule has 0 saturated heterocycles. The molecule has 1 aromatic rings. The van der Waals surface area contributed by atoms with Crippen molar-refractivity contribution in [3.8, 4) is 0 Å². The van der Waals surface area contributed by atoms with Crippen LogP contribution in [0.25, 0.3) is 0 Å². The zero-order chi connectivity index (χ0) is 10.8. The Hall–Kier alpha value is -0.692. The Kier molecular flexibility index (Phi) is 5.16. The average Bonchev–Trinajstić information content (AvgIpc) is 2.07. The fourth-order valence-corrected chi connectivity index (χ4v) is 0.822. The van der Waals surface area contributed by atoms with Crippen LogP contribution in [0.4, 0.5) is 10.1 Å². The third-order valence-corrected chi connectivity index (χ3v) is 1.84. The summed E-state index contributed by atoms with van der Waals surface area (Å²) in [5.74, 6) is 0.280. The van der Waals surface area contributed by atoms with Crippen LogP contribution in [-0.2, 0) is 21.1 Å². The molecule has 0 amide bonds. The topological polar surface area (TPSA) is 38.4 Å². The van der Waals surface area contributed by atoms with Gasteiger partial charge in [-0.15, -0.1) is 0 Å². The summed E-state index contributed by atoms with van der Waals surface area (Å²) in [4.78, 5) is 4.20. The largest absolute Gasteiger partial charge is 0.387 e. The molecule has 0 aromatic heterocycles. The van der Waals surface area contributed by atoms with E-state index in [4.69, 9.17) is 5.73 Å². The first-order chi connectivity index (χ1) is 6.39. The van der Waals surface area contributed by atoms with Crippen molar-refractivity contribution in [3.63, 3.8) is 0 Å². The minimum atomic E-state index is -0.265. The van der Waals surface area contributed by atoms with Crippen LogP contribution in [-0.4, -0.2) is 5.84 Å². The summed E-state index contributed by atoms with van der Waals surface area (Å²) in [6, 6.07) is 5.95. The molecule has 0 spiro atoms. The molecule has 15 heavy (non-hydrogen) atoms. The number of amidine groups is 1. The Morgan fingerprint density at radius 2 is 1.67 bits per heavy atom. The van der Waals surface area contributed by atoms with Gasteiger partial charge in [-0.25, -0.2) is 9.38 Å². The number of nitrogens with zero attached hydrogens (tertiary/aromatic N) is 1. The van der Waals surface area contributed by atoms with Crippen molar-refractivity contribution in [2.75, 3.05) is 0 Å². The van der Waals surface area contributed by atoms with Crippen LogP contribution in [0.5, 0.6) is 0 Å². The van der Waals surface area contributed by atoms with E-state index in [2.05, 4.69) is 4.99 Å². The minimum Gasteiger partial charge on any atom is -0.387 e. The van der Waals surface area contributed by atoms with Crippen LogP contribution >= 0.6 is 0 Å². The van der Waals surface area contributed by atoms with E-state index in [0.717, 1.165) is 0 Å². The van der Waals surface area contributed by atoms with Crippen LogP contribution in [0.3, 0.4) is 0 Å². The van der Waals surface area contributed by atoms with Gasteiger partial charge in [0.2, 0.25) is 0 Å². The molecular formula is C11H15FN2W. The second-order valence-electron chi connectivity index (χ2n) is 4.22. The third-order valence-electron chi connectivity index (χ3n) is 1.84. The van der Waals surface area contributed by atoms with E-state index in [-0.39, 0.29) is 32.3 Å². The number of rotatable bonds is 1. The predicted molar refractivity (Wildman–Crippen MR) is 57.1 cm³/mol. The fourth-order valence-electron chi connectivity index (χ4n) is 0.822. The summed E-state index contributed by atoms with van der Waals surface area (Å²) in [6.07, 6.45) is 0. The molecule has 1 rings (SSSR count). The van der Waals surface area contributed by atoms with Crippen LogP contribution in [0.1, 0.15) is 20.8 Å². The van der Waals surface area contributed by atoms with E-state index in [1.54, 1.807) is 12.1 Å². The first kappa shape index (κ1) is 14.3. The zero-order valence-corrected chi connectivity index (χ0v) is 12.1. The van der Waals surface area contributed by atoms with Crippen LogP contribution in [0.2, 0.25) is 0 Å². The van der Waals surface area contributed by atoms with Gasteiger partial charge in [0.05, 0.1) is 5.69 Å². The van der Waals surface area contributed by atoms with E-state index in [1.807, 2.05) is 20.8 Å². The molecule has 0 bridgehead atoms. The van der Waals surface area contributed by atoms with Gasteiger partial charge in [-0.1, -0.05) is 20.8 Å². The Morgan fingerprint density at radius 3 is 2.07 bits per heavy atom.